The molecule has 1 aromatic carbocycles. The molecule has 0 saturated heterocycles. The molecule has 2 atom stereocenters. The van der Waals surface area contributed by atoms with E-state index in [0.29, 0.717) is 11.1 Å². The highest BCUT2D eigenvalue weighted by atomic mass is 16.5. The largest absolute Gasteiger partial charge is 0.467 e. The second-order valence-corrected chi connectivity index (χ2v) is 3.61. The minimum absolute atomic E-state index is 0.260. The number of methoxy groups -OCH3 is 1. The normalized spacial score (nSPS) is 13.6. The first-order chi connectivity index (χ1) is 8.51. The average molecular weight is 253 g/mol. The number of hydrogen-bond donors (Lipinski definition) is 3. The Hall–Kier alpha value is -1.92. The van der Waals surface area contributed by atoms with Gasteiger partial charge in [0.1, 0.15) is 6.10 Å². The third kappa shape index (κ3) is 3.06. The van der Waals surface area contributed by atoms with E-state index in [2.05, 4.69) is 10.1 Å². The van der Waals surface area contributed by atoms with Gasteiger partial charge in [0, 0.05) is 12.6 Å². The van der Waals surface area contributed by atoms with E-state index >= 15 is 0 Å². The van der Waals surface area contributed by atoms with Crippen molar-refractivity contribution in [1.82, 2.24) is 5.32 Å². The minimum atomic E-state index is -1.65. The number of rotatable bonds is 4. The Morgan fingerprint density at radius 1 is 1.22 bits per heavy atom. The molecular weight excluding hydrogens is 238 g/mol. The van der Waals surface area contributed by atoms with Gasteiger partial charge in [-0.25, -0.2) is 4.79 Å². The number of amides is 1. The minimum Gasteiger partial charge on any atom is -0.467 e. The Balaban J connectivity index is 2.85. The number of esters is 1. The van der Waals surface area contributed by atoms with Crippen LogP contribution in [0, 0.1) is 0 Å². The van der Waals surface area contributed by atoms with Crippen molar-refractivity contribution in [3.05, 3.63) is 35.4 Å². The van der Waals surface area contributed by atoms with Gasteiger partial charge in [0.25, 0.3) is 5.91 Å². The summed E-state index contributed by atoms with van der Waals surface area (Å²) >= 11 is 0. The summed E-state index contributed by atoms with van der Waals surface area (Å²) in [6.45, 7) is 0. The predicted molar refractivity (Wildman–Crippen MR) is 62.8 cm³/mol. The maximum atomic E-state index is 11.3. The van der Waals surface area contributed by atoms with Crippen LogP contribution in [-0.2, 0) is 9.53 Å². The number of nitrogens with one attached hydrogen (secondary N) is 1. The monoisotopic (exact) mass is 253 g/mol. The fourth-order valence-electron chi connectivity index (χ4n) is 1.41. The number of hydrogen-bond acceptors (Lipinski definition) is 5. The number of benzene rings is 1. The van der Waals surface area contributed by atoms with Gasteiger partial charge in [0.15, 0.2) is 6.10 Å². The Kier molecular flexibility index (Phi) is 4.82. The molecule has 98 valence electrons. The van der Waals surface area contributed by atoms with Crippen LogP contribution in [0.2, 0.25) is 0 Å². The van der Waals surface area contributed by atoms with Crippen LogP contribution >= 0.6 is 0 Å². The van der Waals surface area contributed by atoms with Crippen molar-refractivity contribution in [3.8, 4) is 0 Å². The van der Waals surface area contributed by atoms with Gasteiger partial charge in [-0.05, 0) is 17.7 Å². The van der Waals surface area contributed by atoms with E-state index in [1.54, 1.807) is 0 Å². The molecule has 0 aliphatic rings. The molecule has 6 heteroatoms. The maximum absolute atomic E-state index is 11.3. The zero-order valence-electron chi connectivity index (χ0n) is 10.1. The van der Waals surface area contributed by atoms with Crippen molar-refractivity contribution in [2.45, 2.75) is 12.2 Å². The van der Waals surface area contributed by atoms with Crippen molar-refractivity contribution in [2.75, 3.05) is 14.2 Å². The van der Waals surface area contributed by atoms with Crippen molar-refractivity contribution in [3.63, 3.8) is 0 Å². The lowest BCUT2D eigenvalue weighted by molar-refractivity contribution is -0.156. The van der Waals surface area contributed by atoms with Gasteiger partial charge >= 0.3 is 5.97 Å². The van der Waals surface area contributed by atoms with Crippen molar-refractivity contribution >= 4 is 11.9 Å². The van der Waals surface area contributed by atoms with Crippen LogP contribution < -0.4 is 5.32 Å². The van der Waals surface area contributed by atoms with E-state index in [4.69, 9.17) is 0 Å². The van der Waals surface area contributed by atoms with Crippen LogP contribution in [0.4, 0.5) is 0 Å². The highest BCUT2D eigenvalue weighted by Crippen LogP contribution is 2.18. The molecule has 1 aromatic rings. The zero-order chi connectivity index (χ0) is 13.7. The number of carbonyl (C=O) groups excluding carboxylic acids is 2. The fourth-order valence-corrected chi connectivity index (χ4v) is 1.41. The molecule has 18 heavy (non-hydrogen) atoms. The van der Waals surface area contributed by atoms with E-state index in [9.17, 15) is 19.8 Å². The van der Waals surface area contributed by atoms with E-state index in [0.717, 1.165) is 7.11 Å². The molecule has 0 spiro atoms. The summed E-state index contributed by atoms with van der Waals surface area (Å²) in [5.41, 5.74) is 0.738. The number of aliphatic hydroxyl groups excluding tert-OH is 2. The fraction of sp³-hybridized carbons (Fsp3) is 0.333. The first-order valence-corrected chi connectivity index (χ1v) is 5.27. The number of carbonyl (C=O) groups is 2. The zero-order valence-corrected chi connectivity index (χ0v) is 10.1. The van der Waals surface area contributed by atoms with Crippen LogP contribution in [0.3, 0.4) is 0 Å². The maximum Gasteiger partial charge on any atom is 0.337 e. The van der Waals surface area contributed by atoms with Crippen LogP contribution in [-0.4, -0.2) is 42.4 Å². The van der Waals surface area contributed by atoms with E-state index in [-0.39, 0.29) is 5.91 Å². The molecule has 1 rings (SSSR count). The quantitative estimate of drug-likeness (QED) is 0.635. The van der Waals surface area contributed by atoms with Gasteiger partial charge in [-0.3, -0.25) is 4.79 Å². The summed E-state index contributed by atoms with van der Waals surface area (Å²) in [6.07, 6.45) is -3.04. The lowest BCUT2D eigenvalue weighted by Gasteiger charge is -2.16. The lowest BCUT2D eigenvalue weighted by Crippen LogP contribution is -2.29. The molecule has 0 fully saturated rings. The van der Waals surface area contributed by atoms with Gasteiger partial charge in [-0.2, -0.15) is 0 Å². The molecule has 0 saturated carbocycles. The Morgan fingerprint density at radius 3 is 2.22 bits per heavy atom. The van der Waals surface area contributed by atoms with Gasteiger partial charge in [-0.1, -0.05) is 12.1 Å². The molecule has 0 heterocycles. The first-order valence-electron chi connectivity index (χ1n) is 5.27. The average Bonchev–Trinajstić information content (AvgIpc) is 2.44. The van der Waals surface area contributed by atoms with Gasteiger partial charge < -0.3 is 20.3 Å². The molecule has 0 aliphatic carbocycles. The number of ether oxygens (including phenoxy) is 1. The molecule has 0 radical (unpaired) electrons. The molecule has 1 amide bonds. The van der Waals surface area contributed by atoms with Gasteiger partial charge in [0.05, 0.1) is 7.11 Å². The van der Waals surface area contributed by atoms with E-state index in [1.807, 2.05) is 0 Å². The first kappa shape index (κ1) is 14.1. The summed E-state index contributed by atoms with van der Waals surface area (Å²) in [5, 5.41) is 21.6. The van der Waals surface area contributed by atoms with E-state index in [1.165, 1.54) is 31.3 Å². The summed E-state index contributed by atoms with van der Waals surface area (Å²) in [4.78, 5) is 22.3. The molecule has 2 unspecified atom stereocenters. The Morgan fingerprint density at radius 2 is 1.78 bits per heavy atom. The van der Waals surface area contributed by atoms with Crippen LogP contribution in [0.5, 0.6) is 0 Å². The second-order valence-electron chi connectivity index (χ2n) is 3.61. The third-order valence-corrected chi connectivity index (χ3v) is 2.48. The smallest absolute Gasteiger partial charge is 0.337 e. The summed E-state index contributed by atoms with van der Waals surface area (Å²) in [5.74, 6) is -1.18. The second kappa shape index (κ2) is 6.13. The topological polar surface area (TPSA) is 95.9 Å². The molecule has 3 N–H and O–H groups in total. The molecular formula is C12H15NO5. The van der Waals surface area contributed by atoms with Crippen molar-refractivity contribution in [1.29, 1.82) is 0 Å². The van der Waals surface area contributed by atoms with Crippen LogP contribution in [0.15, 0.2) is 24.3 Å². The molecule has 6 nitrogen and oxygen atoms in total. The standard InChI is InChI=1S/C12H15NO5/c1-13-11(16)8-5-3-7(4-6-8)9(14)10(15)12(17)18-2/h3-6,9-10,14-15H,1-2H3,(H,13,16). The van der Waals surface area contributed by atoms with Gasteiger partial charge in [-0.15, -0.1) is 0 Å². The SMILES string of the molecule is CNC(=O)c1ccc(C(O)C(O)C(=O)OC)cc1. The molecule has 0 bridgehead atoms. The van der Waals surface area contributed by atoms with Crippen LogP contribution in [0.25, 0.3) is 0 Å². The predicted octanol–water partition coefficient (Wildman–Crippen LogP) is -0.387. The third-order valence-electron chi connectivity index (χ3n) is 2.48. The Labute approximate surface area is 104 Å². The lowest BCUT2D eigenvalue weighted by atomic mass is 10.0. The van der Waals surface area contributed by atoms with Gasteiger partial charge in [0.2, 0.25) is 0 Å². The summed E-state index contributed by atoms with van der Waals surface area (Å²) in [6, 6.07) is 5.89. The summed E-state index contributed by atoms with van der Waals surface area (Å²) < 4.78 is 4.32. The number of aliphatic hydroxyl groups is 2. The Bertz CT molecular complexity index is 429. The van der Waals surface area contributed by atoms with Crippen molar-refractivity contribution in [2.24, 2.45) is 0 Å². The highest BCUT2D eigenvalue weighted by Gasteiger charge is 2.26. The van der Waals surface area contributed by atoms with Crippen LogP contribution in [0.1, 0.15) is 22.0 Å². The van der Waals surface area contributed by atoms with E-state index < -0.39 is 18.2 Å². The van der Waals surface area contributed by atoms with Crippen molar-refractivity contribution < 1.29 is 24.5 Å². The molecule has 0 aliphatic heterocycles. The summed E-state index contributed by atoms with van der Waals surface area (Å²) in [7, 11) is 2.62. The highest BCUT2D eigenvalue weighted by molar-refractivity contribution is 5.93. The molecule has 0 aromatic heterocycles.